The summed E-state index contributed by atoms with van der Waals surface area (Å²) < 4.78 is 27.0. The number of oxime groups is 1. The number of sulfonamides is 1. The number of amidine groups is 1. The number of aryl methyl sites for hydroxylation is 1. The summed E-state index contributed by atoms with van der Waals surface area (Å²) in [7, 11) is -3.62. The van der Waals surface area contributed by atoms with Crippen LogP contribution in [0.15, 0.2) is 15.4 Å². The Morgan fingerprint density at radius 1 is 1.72 bits per heavy atom. The standard InChI is InChI=1S/C9H14ClN3O3S2/c1-5-3-8(17-9(5)10)18(15,16)13-6(2)4-7(11)12-14/h3,6,13-14H,4H2,1-2H3,(H2,11,12). The fourth-order valence-electron chi connectivity index (χ4n) is 1.28. The van der Waals surface area contributed by atoms with Gasteiger partial charge in [-0.2, -0.15) is 0 Å². The molecule has 1 rings (SSSR count). The first kappa shape index (κ1) is 15.2. The van der Waals surface area contributed by atoms with Crippen molar-refractivity contribution in [1.29, 1.82) is 0 Å². The van der Waals surface area contributed by atoms with Crippen LogP contribution in [0, 0.1) is 6.92 Å². The molecule has 6 nitrogen and oxygen atoms in total. The van der Waals surface area contributed by atoms with Crippen molar-refractivity contribution in [2.75, 3.05) is 0 Å². The maximum atomic E-state index is 12.0. The van der Waals surface area contributed by atoms with E-state index >= 15 is 0 Å². The zero-order valence-corrected chi connectivity index (χ0v) is 12.2. The van der Waals surface area contributed by atoms with Crippen LogP contribution in [0.25, 0.3) is 0 Å². The van der Waals surface area contributed by atoms with E-state index in [0.717, 1.165) is 11.3 Å². The first-order valence-corrected chi connectivity index (χ1v) is 7.68. The predicted molar refractivity (Wildman–Crippen MR) is 71.9 cm³/mol. The number of nitrogens with two attached hydrogens (primary N) is 1. The Hall–Kier alpha value is -0.830. The number of hydrogen-bond acceptors (Lipinski definition) is 5. The molecule has 0 fully saturated rings. The first-order chi connectivity index (χ1) is 8.26. The fourth-order valence-corrected chi connectivity index (χ4v) is 4.25. The summed E-state index contributed by atoms with van der Waals surface area (Å²) in [4.78, 5) is 0. The van der Waals surface area contributed by atoms with Gasteiger partial charge in [0.2, 0.25) is 10.0 Å². The second-order valence-corrected chi connectivity index (χ2v) is 7.44. The van der Waals surface area contributed by atoms with E-state index in [9.17, 15) is 8.42 Å². The van der Waals surface area contributed by atoms with Gasteiger partial charge in [-0.15, -0.1) is 11.3 Å². The molecule has 0 bridgehead atoms. The molecule has 102 valence electrons. The fraction of sp³-hybridized carbons (Fsp3) is 0.444. The van der Waals surface area contributed by atoms with Gasteiger partial charge in [-0.3, -0.25) is 0 Å². The molecule has 1 unspecified atom stereocenters. The Labute approximate surface area is 114 Å². The first-order valence-electron chi connectivity index (χ1n) is 5.01. The molecule has 1 aromatic rings. The molecule has 0 spiro atoms. The van der Waals surface area contributed by atoms with Crippen LogP contribution in [0.4, 0.5) is 0 Å². The van der Waals surface area contributed by atoms with E-state index in [1.807, 2.05) is 0 Å². The Bertz CT molecular complexity index is 534. The lowest BCUT2D eigenvalue weighted by Gasteiger charge is -2.12. The highest BCUT2D eigenvalue weighted by Crippen LogP contribution is 2.30. The molecule has 0 aliphatic rings. The molecule has 9 heteroatoms. The lowest BCUT2D eigenvalue weighted by atomic mass is 10.2. The minimum absolute atomic E-state index is 0.0365. The zero-order valence-electron chi connectivity index (χ0n) is 9.84. The summed E-state index contributed by atoms with van der Waals surface area (Å²) >= 11 is 6.82. The molecule has 1 atom stereocenters. The van der Waals surface area contributed by atoms with Crippen LogP contribution < -0.4 is 10.5 Å². The summed E-state index contributed by atoms with van der Waals surface area (Å²) in [5.74, 6) is -0.0365. The van der Waals surface area contributed by atoms with Gasteiger partial charge in [0.05, 0.1) is 4.34 Å². The van der Waals surface area contributed by atoms with E-state index in [4.69, 9.17) is 22.5 Å². The van der Waals surface area contributed by atoms with Crippen molar-refractivity contribution in [3.05, 3.63) is 16.0 Å². The molecule has 0 saturated heterocycles. The van der Waals surface area contributed by atoms with Crippen molar-refractivity contribution >= 4 is 38.8 Å². The number of nitrogens with one attached hydrogen (secondary N) is 1. The van der Waals surface area contributed by atoms with Crippen LogP contribution in [-0.4, -0.2) is 25.5 Å². The van der Waals surface area contributed by atoms with E-state index in [2.05, 4.69) is 9.88 Å². The van der Waals surface area contributed by atoms with E-state index in [-0.39, 0.29) is 16.5 Å². The Balaban J connectivity index is 2.82. The van der Waals surface area contributed by atoms with Crippen LogP contribution in [-0.2, 0) is 10.0 Å². The van der Waals surface area contributed by atoms with E-state index in [0.29, 0.717) is 9.90 Å². The van der Waals surface area contributed by atoms with Crippen molar-refractivity contribution < 1.29 is 13.6 Å². The second-order valence-electron chi connectivity index (χ2n) is 3.84. The molecular weight excluding hydrogens is 298 g/mol. The average molecular weight is 312 g/mol. The maximum absolute atomic E-state index is 12.0. The van der Waals surface area contributed by atoms with Crippen molar-refractivity contribution in [1.82, 2.24) is 4.72 Å². The molecule has 18 heavy (non-hydrogen) atoms. The Morgan fingerprint density at radius 3 is 2.78 bits per heavy atom. The smallest absolute Gasteiger partial charge is 0.250 e. The van der Waals surface area contributed by atoms with Crippen molar-refractivity contribution in [2.24, 2.45) is 10.9 Å². The SMILES string of the molecule is Cc1cc(S(=O)(=O)NC(C)CC(N)=NO)sc1Cl. The van der Waals surface area contributed by atoms with Gasteiger partial charge in [0.25, 0.3) is 0 Å². The van der Waals surface area contributed by atoms with Crippen molar-refractivity contribution in [3.8, 4) is 0 Å². The second kappa shape index (κ2) is 5.87. The van der Waals surface area contributed by atoms with E-state index < -0.39 is 16.1 Å². The summed E-state index contributed by atoms with van der Waals surface area (Å²) in [6.45, 7) is 3.36. The third-order valence-electron chi connectivity index (χ3n) is 2.10. The molecule has 1 heterocycles. The number of rotatable bonds is 5. The van der Waals surface area contributed by atoms with Gasteiger partial charge >= 0.3 is 0 Å². The van der Waals surface area contributed by atoms with Crippen LogP contribution in [0.5, 0.6) is 0 Å². The lowest BCUT2D eigenvalue weighted by molar-refractivity contribution is 0.316. The van der Waals surface area contributed by atoms with Crippen LogP contribution in [0.1, 0.15) is 18.9 Å². The minimum Gasteiger partial charge on any atom is -0.409 e. The summed E-state index contributed by atoms with van der Waals surface area (Å²) in [5, 5.41) is 11.2. The van der Waals surface area contributed by atoms with Crippen LogP contribution in [0.3, 0.4) is 0 Å². The molecule has 4 N–H and O–H groups in total. The summed E-state index contributed by atoms with van der Waals surface area (Å²) in [6, 6.07) is 1.03. The number of nitrogens with zero attached hydrogens (tertiary/aromatic N) is 1. The van der Waals surface area contributed by atoms with E-state index in [1.165, 1.54) is 6.07 Å². The highest BCUT2D eigenvalue weighted by Gasteiger charge is 2.21. The zero-order chi connectivity index (χ0) is 13.9. The van der Waals surface area contributed by atoms with Gasteiger partial charge in [-0.05, 0) is 25.5 Å². The Morgan fingerprint density at radius 2 is 2.33 bits per heavy atom. The van der Waals surface area contributed by atoms with Gasteiger partial charge in [-0.25, -0.2) is 13.1 Å². The molecule has 0 saturated carbocycles. The molecule has 1 aromatic heterocycles. The van der Waals surface area contributed by atoms with Gasteiger partial charge in [0.15, 0.2) is 0 Å². The topological polar surface area (TPSA) is 105 Å². The number of halogens is 1. The van der Waals surface area contributed by atoms with Gasteiger partial charge < -0.3 is 10.9 Å². The van der Waals surface area contributed by atoms with Gasteiger partial charge in [0.1, 0.15) is 10.0 Å². The van der Waals surface area contributed by atoms with Gasteiger partial charge in [-0.1, -0.05) is 16.8 Å². The highest BCUT2D eigenvalue weighted by molar-refractivity contribution is 7.91. The normalized spacial score (nSPS) is 14.7. The predicted octanol–water partition coefficient (Wildman–Crippen LogP) is 1.51. The van der Waals surface area contributed by atoms with Gasteiger partial charge in [0, 0.05) is 12.5 Å². The van der Waals surface area contributed by atoms with Crippen LogP contribution in [0.2, 0.25) is 4.34 Å². The quantitative estimate of drug-likeness (QED) is 0.332. The molecule has 0 aromatic carbocycles. The van der Waals surface area contributed by atoms with Crippen molar-refractivity contribution in [2.45, 2.75) is 30.5 Å². The molecule has 0 aliphatic heterocycles. The molecule has 0 radical (unpaired) electrons. The monoisotopic (exact) mass is 311 g/mol. The number of thiophene rings is 1. The minimum atomic E-state index is -3.62. The number of hydrogen-bond donors (Lipinski definition) is 3. The summed E-state index contributed by atoms with van der Waals surface area (Å²) in [6.07, 6.45) is 0.119. The molecule has 0 aliphatic carbocycles. The van der Waals surface area contributed by atoms with Crippen LogP contribution >= 0.6 is 22.9 Å². The average Bonchev–Trinajstić information content (AvgIpc) is 2.59. The largest absolute Gasteiger partial charge is 0.409 e. The third kappa shape index (κ3) is 3.84. The van der Waals surface area contributed by atoms with E-state index in [1.54, 1.807) is 13.8 Å². The summed E-state index contributed by atoms with van der Waals surface area (Å²) in [5.41, 5.74) is 6.02. The maximum Gasteiger partial charge on any atom is 0.250 e. The lowest BCUT2D eigenvalue weighted by Crippen LogP contribution is -2.35. The third-order valence-corrected chi connectivity index (χ3v) is 5.72. The highest BCUT2D eigenvalue weighted by atomic mass is 35.5. The molecule has 0 amide bonds. The van der Waals surface area contributed by atoms with Crippen molar-refractivity contribution in [3.63, 3.8) is 0 Å². The molecular formula is C9H14ClN3O3S2. The Kier molecular flexibility index (Phi) is 4.97.